The summed E-state index contributed by atoms with van der Waals surface area (Å²) in [7, 11) is 0. The number of benzene rings is 1. The molecule has 0 amide bonds. The Labute approximate surface area is 115 Å². The minimum absolute atomic E-state index is 0.399. The van der Waals surface area contributed by atoms with Crippen LogP contribution in [0.1, 0.15) is 26.5 Å². The summed E-state index contributed by atoms with van der Waals surface area (Å²) in [5.41, 5.74) is 2.94. The minimum atomic E-state index is 0.399. The van der Waals surface area contributed by atoms with Gasteiger partial charge in [0, 0.05) is 36.9 Å². The molecule has 3 rings (SSSR count). The Morgan fingerprint density at radius 3 is 2.63 bits per heavy atom. The summed E-state index contributed by atoms with van der Waals surface area (Å²) in [6, 6.07) is 8.61. The largest absolute Gasteiger partial charge is 0.315 e. The molecule has 1 aromatic heterocycles. The van der Waals surface area contributed by atoms with Gasteiger partial charge in [-0.2, -0.15) is 5.10 Å². The predicted octanol–water partition coefficient (Wildman–Crippen LogP) is 2.84. The average Bonchev–Trinajstić information content (AvgIpc) is 2.71. The quantitative estimate of drug-likeness (QED) is 0.912. The van der Waals surface area contributed by atoms with Crippen LogP contribution in [0.15, 0.2) is 24.3 Å². The lowest BCUT2D eigenvalue weighted by atomic mass is 9.69. The molecule has 0 saturated carbocycles. The monoisotopic (exact) mass is 257 g/mol. The maximum absolute atomic E-state index is 4.85. The van der Waals surface area contributed by atoms with Crippen LogP contribution in [0.25, 0.3) is 10.9 Å². The number of aromatic nitrogens is 2. The van der Waals surface area contributed by atoms with Gasteiger partial charge in [0.2, 0.25) is 0 Å². The Morgan fingerprint density at radius 1 is 1.32 bits per heavy atom. The molecule has 2 aromatic rings. The van der Waals surface area contributed by atoms with Crippen LogP contribution >= 0.6 is 0 Å². The van der Waals surface area contributed by atoms with Crippen molar-refractivity contribution in [3.8, 4) is 0 Å². The molecule has 0 bridgehead atoms. The van der Waals surface area contributed by atoms with E-state index in [-0.39, 0.29) is 0 Å². The third-order valence-electron chi connectivity index (χ3n) is 4.73. The molecular weight excluding hydrogens is 234 g/mol. The van der Waals surface area contributed by atoms with Gasteiger partial charge in [-0.15, -0.1) is 0 Å². The molecule has 0 spiro atoms. The van der Waals surface area contributed by atoms with E-state index in [2.05, 4.69) is 55.0 Å². The molecule has 3 heteroatoms. The van der Waals surface area contributed by atoms with Crippen LogP contribution in [0.4, 0.5) is 0 Å². The minimum Gasteiger partial charge on any atom is -0.315 e. The van der Waals surface area contributed by atoms with E-state index in [1.165, 1.54) is 16.6 Å². The zero-order chi connectivity index (χ0) is 13.5. The second-order valence-electron chi connectivity index (χ2n) is 6.08. The highest BCUT2D eigenvalue weighted by Gasteiger charge is 2.40. The molecule has 0 atom stereocenters. The smallest absolute Gasteiger partial charge is 0.0710 e. The second-order valence-corrected chi connectivity index (χ2v) is 6.08. The van der Waals surface area contributed by atoms with Crippen molar-refractivity contribution in [2.24, 2.45) is 11.3 Å². The Hall–Kier alpha value is -1.35. The van der Waals surface area contributed by atoms with Crippen molar-refractivity contribution in [3.63, 3.8) is 0 Å². The highest BCUT2D eigenvalue weighted by molar-refractivity contribution is 5.82. The Bertz CT molecular complexity index is 579. The summed E-state index contributed by atoms with van der Waals surface area (Å²) < 4.78 is 2.13. The van der Waals surface area contributed by atoms with E-state index < -0.39 is 0 Å². The van der Waals surface area contributed by atoms with E-state index >= 15 is 0 Å². The molecule has 1 N–H and O–H groups in total. The van der Waals surface area contributed by atoms with Gasteiger partial charge in [0.15, 0.2) is 0 Å². The normalized spacial score (nSPS) is 17.9. The van der Waals surface area contributed by atoms with Crippen LogP contribution in [0.5, 0.6) is 0 Å². The molecule has 1 aliphatic rings. The van der Waals surface area contributed by atoms with Crippen molar-refractivity contribution in [1.29, 1.82) is 0 Å². The molecule has 1 aromatic carbocycles. The first-order valence-electron chi connectivity index (χ1n) is 7.31. The van der Waals surface area contributed by atoms with Crippen molar-refractivity contribution in [3.05, 3.63) is 30.0 Å². The molecule has 1 saturated heterocycles. The van der Waals surface area contributed by atoms with Crippen LogP contribution in [-0.4, -0.2) is 22.9 Å². The van der Waals surface area contributed by atoms with Crippen molar-refractivity contribution in [1.82, 2.24) is 15.1 Å². The molecule has 0 aliphatic carbocycles. The molecule has 0 radical (unpaired) electrons. The molecule has 19 heavy (non-hydrogen) atoms. The zero-order valence-corrected chi connectivity index (χ0v) is 12.1. The van der Waals surface area contributed by atoms with Crippen LogP contribution in [0.3, 0.4) is 0 Å². The van der Waals surface area contributed by atoms with Crippen LogP contribution in [0.2, 0.25) is 0 Å². The molecule has 3 nitrogen and oxygen atoms in total. The number of rotatable bonds is 4. The van der Waals surface area contributed by atoms with Gasteiger partial charge in [-0.05, 0) is 18.9 Å². The predicted molar refractivity (Wildman–Crippen MR) is 79.3 cm³/mol. The number of nitrogens with one attached hydrogen (secondary N) is 1. The topological polar surface area (TPSA) is 29.9 Å². The van der Waals surface area contributed by atoms with Gasteiger partial charge in [-0.1, -0.05) is 32.0 Å². The highest BCUT2D eigenvalue weighted by atomic mass is 15.3. The van der Waals surface area contributed by atoms with Gasteiger partial charge in [0.05, 0.1) is 11.2 Å². The standard InChI is InChI=1S/C16H23N3/c1-4-19-15-8-6-5-7-13(15)14(18-19)9-16(12(2)3)10-17-11-16/h5-8,12,17H,4,9-11H2,1-3H3. The summed E-state index contributed by atoms with van der Waals surface area (Å²) in [4.78, 5) is 0. The van der Waals surface area contributed by atoms with Crippen LogP contribution in [0, 0.1) is 11.3 Å². The van der Waals surface area contributed by atoms with Crippen molar-refractivity contribution >= 4 is 10.9 Å². The van der Waals surface area contributed by atoms with Gasteiger partial charge < -0.3 is 5.32 Å². The number of hydrogen-bond donors (Lipinski definition) is 1. The molecule has 0 unspecified atom stereocenters. The number of aryl methyl sites for hydroxylation is 1. The van der Waals surface area contributed by atoms with Gasteiger partial charge >= 0.3 is 0 Å². The fraction of sp³-hybridized carbons (Fsp3) is 0.562. The number of hydrogen-bond acceptors (Lipinski definition) is 2. The van der Waals surface area contributed by atoms with Crippen molar-refractivity contribution in [2.45, 2.75) is 33.7 Å². The fourth-order valence-corrected chi connectivity index (χ4v) is 3.08. The average molecular weight is 257 g/mol. The summed E-state index contributed by atoms with van der Waals surface area (Å²) >= 11 is 0. The zero-order valence-electron chi connectivity index (χ0n) is 12.1. The molecular formula is C16H23N3. The van der Waals surface area contributed by atoms with Crippen molar-refractivity contribution in [2.75, 3.05) is 13.1 Å². The highest BCUT2D eigenvalue weighted by Crippen LogP contribution is 2.37. The lowest BCUT2D eigenvalue weighted by Gasteiger charge is -2.46. The van der Waals surface area contributed by atoms with Crippen molar-refractivity contribution < 1.29 is 0 Å². The second kappa shape index (κ2) is 4.64. The molecule has 102 valence electrons. The van der Waals surface area contributed by atoms with Gasteiger partial charge in [0.1, 0.15) is 0 Å². The number of nitrogens with zero attached hydrogens (tertiary/aromatic N) is 2. The van der Waals surface area contributed by atoms with Crippen LogP contribution in [-0.2, 0) is 13.0 Å². The maximum atomic E-state index is 4.85. The molecule has 1 aliphatic heterocycles. The Kier molecular flexibility index (Phi) is 3.09. The first-order chi connectivity index (χ1) is 9.16. The van der Waals surface area contributed by atoms with E-state index in [1.54, 1.807) is 0 Å². The van der Waals surface area contributed by atoms with E-state index in [0.717, 1.165) is 26.1 Å². The SMILES string of the molecule is CCn1nc(CC2(C(C)C)CNC2)c2ccccc21. The third-order valence-corrected chi connectivity index (χ3v) is 4.73. The van der Waals surface area contributed by atoms with Crippen LogP contribution < -0.4 is 5.32 Å². The lowest BCUT2D eigenvalue weighted by Crippen LogP contribution is -2.57. The number of para-hydroxylation sites is 1. The summed E-state index contributed by atoms with van der Waals surface area (Å²) in [5.74, 6) is 0.694. The fourth-order valence-electron chi connectivity index (χ4n) is 3.08. The first-order valence-corrected chi connectivity index (χ1v) is 7.31. The van der Waals surface area contributed by atoms with E-state index in [4.69, 9.17) is 5.10 Å². The van der Waals surface area contributed by atoms with E-state index in [1.807, 2.05) is 0 Å². The maximum Gasteiger partial charge on any atom is 0.0710 e. The molecule has 2 heterocycles. The Morgan fingerprint density at radius 2 is 2.05 bits per heavy atom. The van der Waals surface area contributed by atoms with E-state index in [0.29, 0.717) is 11.3 Å². The molecule has 1 fully saturated rings. The summed E-state index contributed by atoms with van der Waals surface area (Å²) in [6.07, 6.45) is 1.09. The third kappa shape index (κ3) is 1.96. The van der Waals surface area contributed by atoms with Gasteiger partial charge in [-0.25, -0.2) is 0 Å². The summed E-state index contributed by atoms with van der Waals surface area (Å²) in [6.45, 7) is 10.0. The first kappa shape index (κ1) is 12.7. The Balaban J connectivity index is 2.01. The van der Waals surface area contributed by atoms with Gasteiger partial charge in [-0.3, -0.25) is 4.68 Å². The lowest BCUT2D eigenvalue weighted by molar-refractivity contribution is 0.0983. The van der Waals surface area contributed by atoms with Gasteiger partial charge in [0.25, 0.3) is 0 Å². The number of fused-ring (bicyclic) bond motifs is 1. The van der Waals surface area contributed by atoms with E-state index in [9.17, 15) is 0 Å². The summed E-state index contributed by atoms with van der Waals surface area (Å²) in [5, 5.41) is 9.61.